The zero-order valence-corrected chi connectivity index (χ0v) is 10.5. The van der Waals surface area contributed by atoms with Crippen molar-refractivity contribution >= 4 is 42.4 Å². The van der Waals surface area contributed by atoms with Crippen molar-refractivity contribution in [2.45, 2.75) is 13.3 Å². The predicted molar refractivity (Wildman–Crippen MR) is 59.5 cm³/mol. The quantitative estimate of drug-likeness (QED) is 0.739. The third-order valence-corrected chi connectivity index (χ3v) is 1.54. The first-order valence-corrected chi connectivity index (χ1v) is 4.49. The highest BCUT2D eigenvalue weighted by molar-refractivity contribution is 8.93. The molecule has 0 heterocycles. The van der Waals surface area contributed by atoms with Crippen LogP contribution in [0.4, 0.5) is 0 Å². The Hall–Kier alpha value is 0.426. The van der Waals surface area contributed by atoms with Gasteiger partial charge < -0.3 is 5.11 Å². The molecule has 0 aromatic heterocycles. The molecule has 7 radical (unpaired) electrons. The van der Waals surface area contributed by atoms with Gasteiger partial charge in [0.2, 0.25) is 0 Å². The predicted octanol–water partition coefficient (Wildman–Crippen LogP) is 1.45. The van der Waals surface area contributed by atoms with Crippen molar-refractivity contribution < 1.29 is 5.11 Å². The molecule has 63 valence electrons. The normalized spacial score (nSPS) is 7.58. The Morgan fingerprint density at radius 1 is 1.25 bits per heavy atom. The van der Waals surface area contributed by atoms with Gasteiger partial charge in [0.15, 0.2) is 0 Å². The number of benzene rings is 1. The molecule has 0 bridgehead atoms. The van der Waals surface area contributed by atoms with E-state index in [-0.39, 0.29) is 17.0 Å². The summed E-state index contributed by atoms with van der Waals surface area (Å²) in [4.78, 5) is 0. The molecule has 0 fully saturated rings. The number of halogens is 1. The van der Waals surface area contributed by atoms with Crippen LogP contribution in [0.25, 0.3) is 0 Å². The number of aliphatic hydroxyl groups excluding tert-OH is 1. The van der Waals surface area contributed by atoms with Gasteiger partial charge in [-0.15, -0.1) is 17.0 Å². The van der Waals surface area contributed by atoms with Crippen LogP contribution in [0.3, 0.4) is 0 Å². The van der Waals surface area contributed by atoms with Gasteiger partial charge in [-0.1, -0.05) is 25.1 Å². The van der Waals surface area contributed by atoms with Crippen LogP contribution in [-0.2, 0) is 0 Å². The SMILES string of the molecule is Br.CCCO.[Mg+2][c]1ccccc1. The average molecular weight is 242 g/mol. The molecule has 0 saturated heterocycles. The third-order valence-electron chi connectivity index (χ3n) is 1.07. The van der Waals surface area contributed by atoms with Crippen LogP contribution in [-0.4, -0.2) is 33.4 Å². The number of rotatable bonds is 1. The number of aliphatic hydroxyl groups is 1. The van der Waals surface area contributed by atoms with Gasteiger partial charge in [-0.25, -0.2) is 0 Å². The molecule has 1 nitrogen and oxygen atoms in total. The van der Waals surface area contributed by atoms with Crippen LogP contribution in [0.2, 0.25) is 0 Å². The van der Waals surface area contributed by atoms with Gasteiger partial charge in [0, 0.05) is 18.7 Å². The molecule has 0 atom stereocenters. The molecule has 0 amide bonds. The Balaban J connectivity index is 0. The average Bonchev–Trinajstić information content (AvgIpc) is 2.07. The van der Waals surface area contributed by atoms with E-state index >= 15 is 0 Å². The van der Waals surface area contributed by atoms with Gasteiger partial charge in [-0.2, -0.15) is 0 Å². The van der Waals surface area contributed by atoms with Gasteiger partial charge in [0.25, 0.3) is 0 Å². The van der Waals surface area contributed by atoms with Crippen LogP contribution in [0.1, 0.15) is 13.3 Å². The fourth-order valence-corrected chi connectivity index (χ4v) is 0.750. The maximum Gasteiger partial charge on any atom is 1.47 e. The maximum absolute atomic E-state index is 7.88. The molecule has 0 aliphatic rings. The zero-order chi connectivity index (χ0) is 8.53. The van der Waals surface area contributed by atoms with Crippen LogP contribution in [0.5, 0.6) is 0 Å². The third kappa shape index (κ3) is 10.4. The monoisotopic (exact) mass is 241 g/mol. The zero-order valence-electron chi connectivity index (χ0n) is 7.36. The number of hydrogen-bond donors (Lipinski definition) is 1. The highest BCUT2D eigenvalue weighted by atomic mass is 79.9. The van der Waals surface area contributed by atoms with Gasteiger partial charge in [0.1, 0.15) is 0 Å². The molecule has 1 rings (SSSR count). The van der Waals surface area contributed by atoms with E-state index < -0.39 is 0 Å². The van der Waals surface area contributed by atoms with E-state index in [1.165, 1.54) is 3.69 Å². The molecule has 0 saturated carbocycles. The van der Waals surface area contributed by atoms with Crippen molar-refractivity contribution in [3.63, 3.8) is 0 Å². The standard InChI is InChI=1S/C6H5.C3H8O.BrH.Mg/c1-2-4-6-5-3-1;1-2-3-4;;/h1-5H;4H,2-3H2,1H3;1H;/q;;;+2. The maximum atomic E-state index is 7.88. The second-order valence-corrected chi connectivity index (χ2v) is 3.03. The summed E-state index contributed by atoms with van der Waals surface area (Å²) in [5.41, 5.74) is 0. The van der Waals surface area contributed by atoms with E-state index in [1.807, 2.05) is 46.8 Å². The van der Waals surface area contributed by atoms with Crippen molar-refractivity contribution in [1.82, 2.24) is 0 Å². The summed E-state index contributed by atoms with van der Waals surface area (Å²) in [7, 11) is 0. The molecule has 0 aliphatic carbocycles. The minimum Gasteiger partial charge on any atom is -0.396 e. The lowest BCUT2D eigenvalue weighted by Gasteiger charge is -1.69. The summed E-state index contributed by atoms with van der Waals surface area (Å²) >= 11 is 1.90. The Bertz CT molecular complexity index is 165. The molecule has 1 N–H and O–H groups in total. The molecule has 12 heavy (non-hydrogen) atoms. The van der Waals surface area contributed by atoms with Crippen molar-refractivity contribution in [3.05, 3.63) is 30.3 Å². The van der Waals surface area contributed by atoms with Crippen molar-refractivity contribution in [1.29, 1.82) is 0 Å². The van der Waals surface area contributed by atoms with Crippen molar-refractivity contribution in [3.8, 4) is 0 Å². The molecule has 0 unspecified atom stereocenters. The number of hydrogen-bond acceptors (Lipinski definition) is 1. The summed E-state index contributed by atoms with van der Waals surface area (Å²) in [5, 5.41) is 7.88. The largest absolute Gasteiger partial charge is 1.47 e. The van der Waals surface area contributed by atoms with Crippen LogP contribution in [0.15, 0.2) is 30.3 Å². The minimum atomic E-state index is 0. The summed E-state index contributed by atoms with van der Waals surface area (Å²) in [6.07, 6.45) is 0.875. The highest BCUT2D eigenvalue weighted by Gasteiger charge is 2.28. The molecule has 3 heteroatoms. The van der Waals surface area contributed by atoms with Crippen LogP contribution in [0, 0.1) is 0 Å². The van der Waals surface area contributed by atoms with E-state index in [4.69, 9.17) is 5.11 Å². The van der Waals surface area contributed by atoms with E-state index in [0.717, 1.165) is 6.42 Å². The smallest absolute Gasteiger partial charge is 0.396 e. The first-order chi connectivity index (χ1) is 5.31. The minimum absolute atomic E-state index is 0. The Labute approximate surface area is 97.4 Å². The first kappa shape index (κ1) is 14.9. The summed E-state index contributed by atoms with van der Waals surface area (Å²) < 4.78 is 1.35. The summed E-state index contributed by atoms with van der Waals surface area (Å²) in [6, 6.07) is 10.3. The Morgan fingerprint density at radius 3 is 1.83 bits per heavy atom. The van der Waals surface area contributed by atoms with Crippen molar-refractivity contribution in [2.24, 2.45) is 0 Å². The van der Waals surface area contributed by atoms with Gasteiger partial charge in [-0.05, 0) is 6.42 Å². The van der Waals surface area contributed by atoms with Gasteiger partial charge in [0.05, 0.1) is 0 Å². The Kier molecular flexibility index (Phi) is 14.2. The van der Waals surface area contributed by atoms with Gasteiger partial charge in [-0.3, -0.25) is 0 Å². The van der Waals surface area contributed by atoms with E-state index in [1.54, 1.807) is 0 Å². The lowest BCUT2D eigenvalue weighted by Crippen LogP contribution is -1.97. The van der Waals surface area contributed by atoms with E-state index in [2.05, 4.69) is 12.1 Å². The lowest BCUT2D eigenvalue weighted by atomic mass is 10.4. The summed E-state index contributed by atoms with van der Waals surface area (Å²) in [6.45, 7) is 2.25. The molecule has 0 aliphatic heterocycles. The van der Waals surface area contributed by atoms with E-state index in [9.17, 15) is 0 Å². The fraction of sp³-hybridized carbons (Fsp3) is 0.333. The lowest BCUT2D eigenvalue weighted by molar-refractivity contribution is 0.295. The molecule has 1 aromatic rings. The van der Waals surface area contributed by atoms with Gasteiger partial charge >= 0.3 is 25.4 Å². The molecule has 0 spiro atoms. The topological polar surface area (TPSA) is 20.2 Å². The summed E-state index contributed by atoms with van der Waals surface area (Å²) in [5.74, 6) is 0. The van der Waals surface area contributed by atoms with E-state index in [0.29, 0.717) is 6.61 Å². The van der Waals surface area contributed by atoms with Crippen LogP contribution < -0.4 is 3.69 Å². The van der Waals surface area contributed by atoms with Crippen LogP contribution >= 0.6 is 17.0 Å². The second-order valence-electron chi connectivity index (χ2n) is 2.21. The fourth-order valence-electron chi connectivity index (χ4n) is 0.478. The highest BCUT2D eigenvalue weighted by Crippen LogP contribution is 1.76. The first-order valence-electron chi connectivity index (χ1n) is 3.79. The molecular weight excluding hydrogens is 228 g/mol. The second kappa shape index (κ2) is 11.4. The Morgan fingerprint density at radius 2 is 1.67 bits per heavy atom. The van der Waals surface area contributed by atoms with Crippen molar-refractivity contribution in [2.75, 3.05) is 6.61 Å². The molecule has 1 aromatic carbocycles. The molecular formula is C9H14BrMgO+2.